The second-order valence-corrected chi connectivity index (χ2v) is 5.91. The second-order valence-electron chi connectivity index (χ2n) is 5.91. The molecule has 2 fully saturated rings. The molecule has 0 spiro atoms. The van der Waals surface area contributed by atoms with Crippen LogP contribution in [0.3, 0.4) is 0 Å². The van der Waals surface area contributed by atoms with Crippen LogP contribution in [0.5, 0.6) is 5.75 Å². The summed E-state index contributed by atoms with van der Waals surface area (Å²) in [4.78, 5) is 4.49. The predicted octanol–water partition coefficient (Wildman–Crippen LogP) is 3.54. The number of phenols is 1. The maximum Gasteiger partial charge on any atom is 0.134 e. The first-order valence-electron chi connectivity index (χ1n) is 7.15. The van der Waals surface area contributed by atoms with Crippen LogP contribution in [-0.2, 0) is 0 Å². The van der Waals surface area contributed by atoms with E-state index in [1.807, 2.05) is 24.4 Å². The maximum atomic E-state index is 9.68. The molecule has 0 bridgehead atoms. The lowest BCUT2D eigenvalue weighted by atomic mass is 10.1. The molecule has 19 heavy (non-hydrogen) atoms. The topological polar surface area (TPSA) is 45.2 Å². The molecule has 1 heterocycles. The summed E-state index contributed by atoms with van der Waals surface area (Å²) in [5.41, 5.74) is 0. The molecule has 0 amide bonds. The zero-order valence-electron chi connectivity index (χ0n) is 10.8. The number of aromatic nitrogens is 1. The van der Waals surface area contributed by atoms with Gasteiger partial charge in [0.1, 0.15) is 11.6 Å². The van der Waals surface area contributed by atoms with Crippen LogP contribution in [0, 0.1) is 11.8 Å². The zero-order chi connectivity index (χ0) is 12.8. The predicted molar refractivity (Wildman–Crippen MR) is 76.3 cm³/mol. The van der Waals surface area contributed by atoms with Crippen LogP contribution >= 0.6 is 0 Å². The summed E-state index contributed by atoms with van der Waals surface area (Å²) in [5.74, 6) is 2.90. The van der Waals surface area contributed by atoms with Crippen molar-refractivity contribution in [3.8, 4) is 5.75 Å². The number of nitrogens with one attached hydrogen (secondary N) is 1. The van der Waals surface area contributed by atoms with Crippen LogP contribution in [0.4, 0.5) is 5.82 Å². The number of pyridine rings is 1. The van der Waals surface area contributed by atoms with Crippen LogP contribution in [0.15, 0.2) is 30.5 Å². The van der Waals surface area contributed by atoms with Crippen molar-refractivity contribution in [2.24, 2.45) is 11.8 Å². The lowest BCUT2D eigenvalue weighted by Gasteiger charge is -2.19. The first kappa shape index (κ1) is 11.1. The molecule has 3 heteroatoms. The van der Waals surface area contributed by atoms with Crippen molar-refractivity contribution in [1.29, 1.82) is 0 Å². The lowest BCUT2D eigenvalue weighted by molar-refractivity contribution is 0.476. The number of benzene rings is 1. The highest BCUT2D eigenvalue weighted by Gasteiger charge is 2.41. The number of anilines is 1. The average molecular weight is 254 g/mol. The van der Waals surface area contributed by atoms with Crippen molar-refractivity contribution < 1.29 is 5.11 Å². The molecule has 0 unspecified atom stereocenters. The molecule has 0 aliphatic heterocycles. The van der Waals surface area contributed by atoms with Gasteiger partial charge in [0.05, 0.1) is 0 Å². The summed E-state index contributed by atoms with van der Waals surface area (Å²) in [6.07, 6.45) is 7.25. The number of aromatic hydroxyl groups is 1. The van der Waals surface area contributed by atoms with Gasteiger partial charge in [-0.1, -0.05) is 6.07 Å². The Morgan fingerprint density at radius 3 is 2.53 bits per heavy atom. The SMILES string of the molecule is Oc1ccc2ccnc(NC(C3CC3)C3CC3)c2c1. The number of phenolic OH excluding ortho intramolecular Hbond substituents is 1. The molecular formula is C16H18N2O. The Morgan fingerprint density at radius 1 is 1.11 bits per heavy atom. The van der Waals surface area contributed by atoms with Crippen LogP contribution in [-0.4, -0.2) is 16.1 Å². The van der Waals surface area contributed by atoms with Crippen LogP contribution in [0.25, 0.3) is 10.8 Å². The first-order valence-corrected chi connectivity index (χ1v) is 7.15. The van der Waals surface area contributed by atoms with E-state index in [1.54, 1.807) is 6.07 Å². The summed E-state index contributed by atoms with van der Waals surface area (Å²) in [5, 5.41) is 15.5. The Labute approximate surface area is 112 Å². The Bertz CT molecular complexity index is 605. The smallest absolute Gasteiger partial charge is 0.134 e. The summed E-state index contributed by atoms with van der Waals surface area (Å²) in [7, 11) is 0. The molecule has 0 radical (unpaired) electrons. The van der Waals surface area contributed by atoms with Crippen molar-refractivity contribution in [2.75, 3.05) is 5.32 Å². The van der Waals surface area contributed by atoms with Crippen molar-refractivity contribution in [1.82, 2.24) is 4.98 Å². The molecule has 1 aromatic heterocycles. The number of rotatable bonds is 4. The van der Waals surface area contributed by atoms with Gasteiger partial charge in [-0.25, -0.2) is 4.98 Å². The van der Waals surface area contributed by atoms with E-state index in [4.69, 9.17) is 0 Å². The summed E-state index contributed by atoms with van der Waals surface area (Å²) in [6.45, 7) is 0. The first-order chi connectivity index (χ1) is 9.31. The average Bonchev–Trinajstić information content (AvgIpc) is 3.28. The van der Waals surface area contributed by atoms with Crippen molar-refractivity contribution in [3.05, 3.63) is 30.5 Å². The monoisotopic (exact) mass is 254 g/mol. The zero-order valence-corrected chi connectivity index (χ0v) is 10.8. The molecular weight excluding hydrogens is 236 g/mol. The van der Waals surface area contributed by atoms with E-state index < -0.39 is 0 Å². The molecule has 4 rings (SSSR count). The Kier molecular flexibility index (Phi) is 2.40. The fraction of sp³-hybridized carbons (Fsp3) is 0.438. The molecule has 0 atom stereocenters. The Morgan fingerprint density at radius 2 is 1.84 bits per heavy atom. The molecule has 3 nitrogen and oxygen atoms in total. The van der Waals surface area contributed by atoms with Crippen LogP contribution in [0.2, 0.25) is 0 Å². The van der Waals surface area contributed by atoms with Crippen molar-refractivity contribution in [3.63, 3.8) is 0 Å². The maximum absolute atomic E-state index is 9.68. The molecule has 2 saturated carbocycles. The van der Waals surface area contributed by atoms with Gasteiger partial charge < -0.3 is 10.4 Å². The molecule has 2 aliphatic carbocycles. The third-order valence-electron chi connectivity index (χ3n) is 4.31. The minimum atomic E-state index is 0.304. The van der Waals surface area contributed by atoms with E-state index in [-0.39, 0.29) is 0 Å². The molecule has 0 saturated heterocycles. The highest BCUT2D eigenvalue weighted by Crippen LogP contribution is 2.46. The van der Waals surface area contributed by atoms with Gasteiger partial charge in [0.15, 0.2) is 0 Å². The largest absolute Gasteiger partial charge is 0.508 e. The summed E-state index contributed by atoms with van der Waals surface area (Å²) < 4.78 is 0. The fourth-order valence-corrected chi connectivity index (χ4v) is 2.96. The Hall–Kier alpha value is -1.77. The fourth-order valence-electron chi connectivity index (χ4n) is 2.96. The second kappa shape index (κ2) is 4.12. The van der Waals surface area contributed by atoms with E-state index in [2.05, 4.69) is 10.3 Å². The van der Waals surface area contributed by atoms with E-state index in [1.165, 1.54) is 25.7 Å². The minimum Gasteiger partial charge on any atom is -0.508 e. The third-order valence-corrected chi connectivity index (χ3v) is 4.31. The van der Waals surface area contributed by atoms with Gasteiger partial charge in [0, 0.05) is 17.6 Å². The van der Waals surface area contributed by atoms with Gasteiger partial charge >= 0.3 is 0 Å². The van der Waals surface area contributed by atoms with Gasteiger partial charge in [-0.15, -0.1) is 0 Å². The minimum absolute atomic E-state index is 0.304. The van der Waals surface area contributed by atoms with E-state index in [9.17, 15) is 5.11 Å². The van der Waals surface area contributed by atoms with Crippen molar-refractivity contribution in [2.45, 2.75) is 31.7 Å². The quantitative estimate of drug-likeness (QED) is 0.877. The molecule has 2 N–H and O–H groups in total. The standard InChI is InChI=1S/C16H18N2O/c19-13-6-5-10-7-8-17-16(14(10)9-13)18-15(11-1-2-11)12-3-4-12/h5-9,11-12,15,19H,1-4H2,(H,17,18). The number of hydrogen-bond donors (Lipinski definition) is 2. The van der Waals surface area contributed by atoms with Gasteiger partial charge in [-0.05, 0) is 61.1 Å². The number of nitrogens with zero attached hydrogens (tertiary/aromatic N) is 1. The van der Waals surface area contributed by atoms with Gasteiger partial charge in [-0.2, -0.15) is 0 Å². The molecule has 2 aromatic rings. The number of hydrogen-bond acceptors (Lipinski definition) is 3. The Balaban J connectivity index is 1.71. The summed E-state index contributed by atoms with van der Waals surface area (Å²) in [6, 6.07) is 8.05. The molecule has 98 valence electrons. The van der Waals surface area contributed by atoms with Crippen LogP contribution < -0.4 is 5.32 Å². The van der Waals surface area contributed by atoms with E-state index >= 15 is 0 Å². The normalized spacial score (nSPS) is 19.0. The van der Waals surface area contributed by atoms with Crippen molar-refractivity contribution >= 4 is 16.6 Å². The summed E-state index contributed by atoms with van der Waals surface area (Å²) >= 11 is 0. The molecule has 1 aromatic carbocycles. The van der Waals surface area contributed by atoms with Crippen LogP contribution in [0.1, 0.15) is 25.7 Å². The van der Waals surface area contributed by atoms with E-state index in [0.29, 0.717) is 11.8 Å². The highest BCUT2D eigenvalue weighted by atomic mass is 16.3. The molecule has 2 aliphatic rings. The highest BCUT2D eigenvalue weighted by molar-refractivity contribution is 5.92. The van der Waals surface area contributed by atoms with Gasteiger partial charge in [-0.3, -0.25) is 0 Å². The van der Waals surface area contributed by atoms with E-state index in [0.717, 1.165) is 28.4 Å². The third kappa shape index (κ3) is 2.14. The van der Waals surface area contributed by atoms with Gasteiger partial charge in [0.25, 0.3) is 0 Å². The number of fused-ring (bicyclic) bond motifs is 1. The van der Waals surface area contributed by atoms with Gasteiger partial charge in [0.2, 0.25) is 0 Å². The lowest BCUT2D eigenvalue weighted by Crippen LogP contribution is -2.24.